The van der Waals surface area contributed by atoms with Crippen LogP contribution in [0.25, 0.3) is 0 Å². The van der Waals surface area contributed by atoms with Gasteiger partial charge in [0.05, 0.1) is 0 Å². The van der Waals surface area contributed by atoms with E-state index in [9.17, 15) is 0 Å². The van der Waals surface area contributed by atoms with Crippen molar-refractivity contribution in [2.24, 2.45) is 17.6 Å². The fourth-order valence-electron chi connectivity index (χ4n) is 3.55. The molecule has 0 spiro atoms. The van der Waals surface area contributed by atoms with Crippen molar-refractivity contribution in [3.05, 3.63) is 0 Å². The van der Waals surface area contributed by atoms with E-state index < -0.39 is 0 Å². The predicted octanol–water partition coefficient (Wildman–Crippen LogP) is 3.40. The molecular formula is C16H32N2. The van der Waals surface area contributed by atoms with E-state index in [1.54, 1.807) is 0 Å². The molecule has 0 aliphatic heterocycles. The van der Waals surface area contributed by atoms with Gasteiger partial charge in [0.2, 0.25) is 0 Å². The first kappa shape index (κ1) is 14.3. The molecule has 0 aromatic carbocycles. The molecule has 2 rings (SSSR count). The fraction of sp³-hybridized carbons (Fsp3) is 1.00. The Bertz CT molecular complexity index is 229. The number of hydrogen-bond donors (Lipinski definition) is 1. The van der Waals surface area contributed by atoms with Crippen molar-refractivity contribution in [1.29, 1.82) is 0 Å². The van der Waals surface area contributed by atoms with E-state index in [1.165, 1.54) is 57.9 Å². The highest BCUT2D eigenvalue weighted by Gasteiger charge is 2.30. The van der Waals surface area contributed by atoms with Crippen molar-refractivity contribution >= 4 is 0 Å². The third-order valence-electron chi connectivity index (χ3n) is 4.90. The Morgan fingerprint density at radius 3 is 2.17 bits per heavy atom. The van der Waals surface area contributed by atoms with Gasteiger partial charge in [-0.3, -0.25) is 4.90 Å². The lowest BCUT2D eigenvalue weighted by Crippen LogP contribution is -2.46. The van der Waals surface area contributed by atoms with E-state index in [1.807, 2.05) is 0 Å². The van der Waals surface area contributed by atoms with Crippen molar-refractivity contribution in [1.82, 2.24) is 4.90 Å². The van der Waals surface area contributed by atoms with Gasteiger partial charge in [-0.15, -0.1) is 0 Å². The van der Waals surface area contributed by atoms with Gasteiger partial charge in [-0.1, -0.05) is 32.1 Å². The van der Waals surface area contributed by atoms with Gasteiger partial charge in [-0.05, 0) is 44.9 Å². The quantitative estimate of drug-likeness (QED) is 0.752. The lowest BCUT2D eigenvalue weighted by atomic mass is 9.84. The Balaban J connectivity index is 1.86. The molecule has 2 aliphatic rings. The smallest absolute Gasteiger partial charge is 0.0223 e. The zero-order valence-electron chi connectivity index (χ0n) is 12.4. The molecule has 0 radical (unpaired) electrons. The van der Waals surface area contributed by atoms with Crippen LogP contribution in [0.2, 0.25) is 0 Å². The molecule has 106 valence electrons. The molecule has 0 aromatic rings. The van der Waals surface area contributed by atoms with E-state index in [2.05, 4.69) is 18.7 Å². The van der Waals surface area contributed by atoms with Crippen LogP contribution in [0, 0.1) is 11.8 Å². The summed E-state index contributed by atoms with van der Waals surface area (Å²) >= 11 is 0. The maximum absolute atomic E-state index is 6.08. The summed E-state index contributed by atoms with van der Waals surface area (Å²) in [6.07, 6.45) is 11.5. The minimum atomic E-state index is 0.633. The maximum Gasteiger partial charge on any atom is 0.0223 e. The standard InChI is InChI=1S/C16H32N2/c1-13(2)18(12-15-8-9-15)16(11-17)10-14-6-4-3-5-7-14/h13-16H,3-12,17H2,1-2H3. The summed E-state index contributed by atoms with van der Waals surface area (Å²) in [5.41, 5.74) is 6.08. The van der Waals surface area contributed by atoms with Crippen molar-refractivity contribution in [2.75, 3.05) is 13.1 Å². The Morgan fingerprint density at radius 2 is 1.67 bits per heavy atom. The molecule has 0 saturated heterocycles. The summed E-state index contributed by atoms with van der Waals surface area (Å²) in [5.74, 6) is 1.93. The van der Waals surface area contributed by atoms with Gasteiger partial charge < -0.3 is 5.73 Å². The monoisotopic (exact) mass is 252 g/mol. The third kappa shape index (κ3) is 4.24. The number of nitrogens with two attached hydrogens (primary N) is 1. The first-order valence-corrected chi connectivity index (χ1v) is 8.16. The molecule has 0 heterocycles. The SMILES string of the molecule is CC(C)N(CC1CC1)C(CN)CC1CCCCC1. The average molecular weight is 252 g/mol. The van der Waals surface area contributed by atoms with Crippen molar-refractivity contribution in [2.45, 2.75) is 77.3 Å². The second-order valence-electron chi connectivity index (χ2n) is 6.86. The van der Waals surface area contributed by atoms with E-state index >= 15 is 0 Å². The van der Waals surface area contributed by atoms with Gasteiger partial charge >= 0.3 is 0 Å². The molecule has 2 saturated carbocycles. The van der Waals surface area contributed by atoms with Crippen LogP contribution in [-0.4, -0.2) is 30.1 Å². The Morgan fingerprint density at radius 1 is 1.00 bits per heavy atom. The summed E-state index contributed by atoms with van der Waals surface area (Å²) in [6, 6.07) is 1.29. The molecule has 0 bridgehead atoms. The van der Waals surface area contributed by atoms with Crippen LogP contribution in [0.1, 0.15) is 65.2 Å². The van der Waals surface area contributed by atoms with Gasteiger partial charge in [0, 0.05) is 25.2 Å². The molecule has 2 nitrogen and oxygen atoms in total. The summed E-state index contributed by atoms with van der Waals surface area (Å²) in [6.45, 7) is 6.82. The summed E-state index contributed by atoms with van der Waals surface area (Å²) in [7, 11) is 0. The third-order valence-corrected chi connectivity index (χ3v) is 4.90. The van der Waals surface area contributed by atoms with Crippen molar-refractivity contribution < 1.29 is 0 Å². The van der Waals surface area contributed by atoms with Crippen molar-refractivity contribution in [3.8, 4) is 0 Å². The zero-order valence-corrected chi connectivity index (χ0v) is 12.4. The summed E-state index contributed by atoms with van der Waals surface area (Å²) < 4.78 is 0. The average Bonchev–Trinajstić information content (AvgIpc) is 3.18. The highest BCUT2D eigenvalue weighted by Crippen LogP contribution is 2.33. The summed E-state index contributed by atoms with van der Waals surface area (Å²) in [4.78, 5) is 2.70. The van der Waals surface area contributed by atoms with Crippen LogP contribution in [0.5, 0.6) is 0 Å². The molecule has 2 aliphatic carbocycles. The maximum atomic E-state index is 6.08. The normalized spacial score (nSPS) is 23.8. The number of nitrogens with zero attached hydrogens (tertiary/aromatic N) is 1. The van der Waals surface area contributed by atoms with Crippen LogP contribution >= 0.6 is 0 Å². The summed E-state index contributed by atoms with van der Waals surface area (Å²) in [5, 5.41) is 0. The molecule has 2 N–H and O–H groups in total. The minimum absolute atomic E-state index is 0.633. The van der Waals surface area contributed by atoms with Crippen LogP contribution in [0.15, 0.2) is 0 Å². The van der Waals surface area contributed by atoms with E-state index in [0.29, 0.717) is 12.1 Å². The predicted molar refractivity (Wildman–Crippen MR) is 78.6 cm³/mol. The second-order valence-corrected chi connectivity index (χ2v) is 6.86. The van der Waals surface area contributed by atoms with Gasteiger partial charge in [0.25, 0.3) is 0 Å². The van der Waals surface area contributed by atoms with Crippen molar-refractivity contribution in [3.63, 3.8) is 0 Å². The van der Waals surface area contributed by atoms with Gasteiger partial charge in [0.1, 0.15) is 0 Å². The van der Waals surface area contributed by atoms with Crippen LogP contribution in [0.4, 0.5) is 0 Å². The lowest BCUT2D eigenvalue weighted by Gasteiger charge is -2.37. The van der Waals surface area contributed by atoms with Gasteiger partial charge in [-0.2, -0.15) is 0 Å². The van der Waals surface area contributed by atoms with Gasteiger partial charge in [-0.25, -0.2) is 0 Å². The topological polar surface area (TPSA) is 29.3 Å². The minimum Gasteiger partial charge on any atom is -0.329 e. The molecule has 1 atom stereocenters. The molecule has 2 heteroatoms. The largest absolute Gasteiger partial charge is 0.329 e. The number of rotatable bonds is 7. The van der Waals surface area contributed by atoms with Crippen LogP contribution < -0.4 is 5.73 Å². The molecule has 18 heavy (non-hydrogen) atoms. The van der Waals surface area contributed by atoms with E-state index in [-0.39, 0.29) is 0 Å². The molecular weight excluding hydrogens is 220 g/mol. The Hall–Kier alpha value is -0.0800. The van der Waals surface area contributed by atoms with Crippen LogP contribution in [-0.2, 0) is 0 Å². The first-order valence-electron chi connectivity index (χ1n) is 8.16. The highest BCUT2D eigenvalue weighted by atomic mass is 15.2. The molecule has 0 amide bonds. The first-order chi connectivity index (χ1) is 8.70. The van der Waals surface area contributed by atoms with E-state index in [0.717, 1.165) is 18.4 Å². The van der Waals surface area contributed by atoms with Crippen LogP contribution in [0.3, 0.4) is 0 Å². The Kier molecular flexibility index (Phi) is 5.50. The molecule has 1 unspecified atom stereocenters. The fourth-order valence-corrected chi connectivity index (χ4v) is 3.55. The molecule has 2 fully saturated rings. The zero-order chi connectivity index (χ0) is 13.0. The second kappa shape index (κ2) is 6.91. The highest BCUT2D eigenvalue weighted by molar-refractivity contribution is 4.85. The Labute approximate surface area is 113 Å². The lowest BCUT2D eigenvalue weighted by molar-refractivity contribution is 0.120. The van der Waals surface area contributed by atoms with Gasteiger partial charge in [0.15, 0.2) is 0 Å². The van der Waals surface area contributed by atoms with E-state index in [4.69, 9.17) is 5.73 Å². The molecule has 0 aromatic heterocycles. The number of hydrogen-bond acceptors (Lipinski definition) is 2.